The molecule has 4 heteroatoms. The summed E-state index contributed by atoms with van der Waals surface area (Å²) < 4.78 is 5.90. The van der Waals surface area contributed by atoms with Gasteiger partial charge in [0.2, 0.25) is 0 Å². The van der Waals surface area contributed by atoms with E-state index in [-0.39, 0.29) is 5.43 Å². The van der Waals surface area contributed by atoms with Crippen molar-refractivity contribution in [1.82, 2.24) is 9.97 Å². The largest absolute Gasteiger partial charge is 0.456 e. The lowest BCUT2D eigenvalue weighted by molar-refractivity contribution is 0.619. The molecule has 0 saturated carbocycles. The van der Waals surface area contributed by atoms with Gasteiger partial charge < -0.3 is 9.40 Å². The van der Waals surface area contributed by atoms with Crippen LogP contribution in [0.5, 0.6) is 0 Å². The number of hydrogen-bond acceptors (Lipinski definition) is 3. The van der Waals surface area contributed by atoms with Gasteiger partial charge in [0.1, 0.15) is 17.2 Å². The third-order valence-corrected chi connectivity index (χ3v) is 3.97. The van der Waals surface area contributed by atoms with Gasteiger partial charge in [-0.15, -0.1) is 0 Å². The summed E-state index contributed by atoms with van der Waals surface area (Å²) in [6.07, 6.45) is 0. The summed E-state index contributed by atoms with van der Waals surface area (Å²) in [5.41, 5.74) is 3.29. The Labute approximate surface area is 132 Å². The molecule has 114 valence electrons. The van der Waals surface area contributed by atoms with Crippen LogP contribution in [0.4, 0.5) is 0 Å². The van der Waals surface area contributed by atoms with Crippen LogP contribution in [0.2, 0.25) is 0 Å². The van der Waals surface area contributed by atoms with Gasteiger partial charge in [-0.1, -0.05) is 26.0 Å². The number of para-hydroxylation sites is 1. The number of aromatic amines is 1. The van der Waals surface area contributed by atoms with E-state index in [9.17, 15) is 4.79 Å². The highest BCUT2D eigenvalue weighted by Gasteiger charge is 2.10. The van der Waals surface area contributed by atoms with Crippen LogP contribution < -0.4 is 5.43 Å². The van der Waals surface area contributed by atoms with E-state index in [4.69, 9.17) is 4.42 Å². The van der Waals surface area contributed by atoms with Crippen LogP contribution in [0.15, 0.2) is 57.7 Å². The predicted octanol–water partition coefficient (Wildman–Crippen LogP) is 4.46. The van der Waals surface area contributed by atoms with Gasteiger partial charge in [-0.2, -0.15) is 0 Å². The molecule has 4 nitrogen and oxygen atoms in total. The van der Waals surface area contributed by atoms with Crippen LogP contribution in [0.1, 0.15) is 25.6 Å². The molecule has 4 rings (SSSR count). The van der Waals surface area contributed by atoms with E-state index in [1.165, 1.54) is 0 Å². The highest BCUT2D eigenvalue weighted by molar-refractivity contribution is 5.83. The van der Waals surface area contributed by atoms with Crippen LogP contribution in [-0.2, 0) is 0 Å². The van der Waals surface area contributed by atoms with Crippen LogP contribution in [0.25, 0.3) is 33.3 Å². The molecule has 2 aromatic carbocycles. The van der Waals surface area contributed by atoms with Crippen LogP contribution in [0, 0.1) is 0 Å². The predicted molar refractivity (Wildman–Crippen MR) is 91.7 cm³/mol. The molecule has 0 aliphatic heterocycles. The van der Waals surface area contributed by atoms with E-state index in [0.717, 1.165) is 22.4 Å². The summed E-state index contributed by atoms with van der Waals surface area (Å²) in [4.78, 5) is 20.1. The van der Waals surface area contributed by atoms with Crippen LogP contribution in [-0.4, -0.2) is 9.97 Å². The Hall–Kier alpha value is -2.88. The van der Waals surface area contributed by atoms with Gasteiger partial charge in [-0.05, 0) is 30.3 Å². The van der Waals surface area contributed by atoms with Crippen molar-refractivity contribution in [3.05, 3.63) is 64.6 Å². The van der Waals surface area contributed by atoms with Gasteiger partial charge in [0.15, 0.2) is 5.43 Å². The Kier molecular flexibility index (Phi) is 3.05. The highest BCUT2D eigenvalue weighted by atomic mass is 16.3. The number of hydrogen-bond donors (Lipinski definition) is 1. The molecule has 0 amide bonds. The number of nitrogens with zero attached hydrogens (tertiary/aromatic N) is 1. The first-order valence-corrected chi connectivity index (χ1v) is 7.65. The molecule has 0 spiro atoms. The van der Waals surface area contributed by atoms with E-state index in [1.807, 2.05) is 36.4 Å². The molecule has 2 heterocycles. The van der Waals surface area contributed by atoms with Crippen molar-refractivity contribution in [2.45, 2.75) is 19.8 Å². The van der Waals surface area contributed by atoms with Crippen molar-refractivity contribution in [2.24, 2.45) is 0 Å². The Morgan fingerprint density at radius 1 is 1.09 bits per heavy atom. The number of nitrogens with one attached hydrogen (secondary N) is 1. The second-order valence-corrected chi connectivity index (χ2v) is 5.98. The molecule has 0 atom stereocenters. The molecular formula is C19H16N2O2. The van der Waals surface area contributed by atoms with Gasteiger partial charge in [-0.3, -0.25) is 4.79 Å². The number of fused-ring (bicyclic) bond motifs is 2. The fourth-order valence-electron chi connectivity index (χ4n) is 2.70. The van der Waals surface area contributed by atoms with Crippen molar-refractivity contribution >= 4 is 22.0 Å². The SMILES string of the molecule is CC(C)c1nc2ccc(-c3cc(=O)c4ccccc4o3)cc2[nH]1. The first kappa shape index (κ1) is 13.8. The van der Waals surface area contributed by atoms with Gasteiger partial charge in [0.05, 0.1) is 16.4 Å². The van der Waals surface area contributed by atoms with E-state index in [0.29, 0.717) is 22.6 Å². The fraction of sp³-hybridized carbons (Fsp3) is 0.158. The molecule has 2 aromatic heterocycles. The van der Waals surface area contributed by atoms with Gasteiger partial charge in [-0.25, -0.2) is 4.98 Å². The maximum Gasteiger partial charge on any atom is 0.193 e. The maximum absolute atomic E-state index is 12.2. The molecule has 0 unspecified atom stereocenters. The number of imidazole rings is 1. The molecule has 0 radical (unpaired) electrons. The van der Waals surface area contributed by atoms with E-state index >= 15 is 0 Å². The minimum atomic E-state index is -0.0329. The van der Waals surface area contributed by atoms with Crippen LogP contribution in [0.3, 0.4) is 0 Å². The van der Waals surface area contributed by atoms with Crippen molar-refractivity contribution < 1.29 is 4.42 Å². The molecule has 0 bridgehead atoms. The van der Waals surface area contributed by atoms with E-state index < -0.39 is 0 Å². The standard InChI is InChI=1S/C19H16N2O2/c1-11(2)19-20-14-8-7-12(9-15(14)21-19)18-10-16(22)13-5-3-4-6-17(13)23-18/h3-11H,1-2H3,(H,20,21). The zero-order valence-corrected chi connectivity index (χ0v) is 13.0. The first-order valence-electron chi connectivity index (χ1n) is 7.65. The zero-order valence-electron chi connectivity index (χ0n) is 13.0. The minimum Gasteiger partial charge on any atom is -0.456 e. The second kappa shape index (κ2) is 5.09. The maximum atomic E-state index is 12.2. The summed E-state index contributed by atoms with van der Waals surface area (Å²) >= 11 is 0. The van der Waals surface area contributed by atoms with Gasteiger partial charge in [0.25, 0.3) is 0 Å². The minimum absolute atomic E-state index is 0.0329. The lowest BCUT2D eigenvalue weighted by atomic mass is 10.1. The van der Waals surface area contributed by atoms with Crippen molar-refractivity contribution in [2.75, 3.05) is 0 Å². The lowest BCUT2D eigenvalue weighted by Gasteiger charge is -2.03. The van der Waals surface area contributed by atoms with Crippen molar-refractivity contribution in [3.8, 4) is 11.3 Å². The van der Waals surface area contributed by atoms with E-state index in [2.05, 4.69) is 23.8 Å². The third-order valence-electron chi connectivity index (χ3n) is 3.97. The average Bonchev–Trinajstić information content (AvgIpc) is 2.98. The summed E-state index contributed by atoms with van der Waals surface area (Å²) in [5, 5.41) is 0.598. The van der Waals surface area contributed by atoms with Crippen molar-refractivity contribution in [3.63, 3.8) is 0 Å². The first-order chi connectivity index (χ1) is 11.1. The Morgan fingerprint density at radius 2 is 1.91 bits per heavy atom. The number of benzene rings is 2. The normalized spacial score (nSPS) is 11.6. The van der Waals surface area contributed by atoms with Crippen LogP contribution >= 0.6 is 0 Å². The van der Waals surface area contributed by atoms with Crippen molar-refractivity contribution in [1.29, 1.82) is 0 Å². The third kappa shape index (κ3) is 2.32. The Morgan fingerprint density at radius 3 is 2.74 bits per heavy atom. The second-order valence-electron chi connectivity index (χ2n) is 5.98. The summed E-state index contributed by atoms with van der Waals surface area (Å²) in [7, 11) is 0. The lowest BCUT2D eigenvalue weighted by Crippen LogP contribution is -1.99. The number of aromatic nitrogens is 2. The smallest absolute Gasteiger partial charge is 0.193 e. The summed E-state index contributed by atoms with van der Waals surface area (Å²) in [6.45, 7) is 4.20. The molecular weight excluding hydrogens is 288 g/mol. The molecule has 0 aliphatic carbocycles. The quantitative estimate of drug-likeness (QED) is 0.595. The number of H-pyrrole nitrogens is 1. The molecule has 1 N–H and O–H groups in total. The molecule has 0 saturated heterocycles. The average molecular weight is 304 g/mol. The molecule has 0 fully saturated rings. The van der Waals surface area contributed by atoms with Gasteiger partial charge in [0, 0.05) is 17.5 Å². The molecule has 23 heavy (non-hydrogen) atoms. The monoisotopic (exact) mass is 304 g/mol. The van der Waals surface area contributed by atoms with Gasteiger partial charge >= 0.3 is 0 Å². The topological polar surface area (TPSA) is 58.9 Å². The number of rotatable bonds is 2. The Bertz CT molecular complexity index is 1070. The summed E-state index contributed by atoms with van der Waals surface area (Å²) in [6, 6.07) is 14.7. The fourth-order valence-corrected chi connectivity index (χ4v) is 2.70. The molecule has 4 aromatic rings. The van der Waals surface area contributed by atoms with E-state index in [1.54, 1.807) is 12.1 Å². The molecule has 0 aliphatic rings. The zero-order chi connectivity index (χ0) is 16.0. The Balaban J connectivity index is 1.90. The summed E-state index contributed by atoms with van der Waals surface area (Å²) in [5.74, 6) is 1.86. The highest BCUT2D eigenvalue weighted by Crippen LogP contribution is 2.26.